The minimum atomic E-state index is -1.65. The molecule has 1 saturated heterocycles. The summed E-state index contributed by atoms with van der Waals surface area (Å²) in [6.07, 6.45) is -0.0227. The Kier molecular flexibility index (Phi) is 10.3. The van der Waals surface area contributed by atoms with Gasteiger partial charge in [-0.3, -0.25) is 0 Å². The number of rotatable bonds is 12. The number of ether oxygens (including phenoxy) is 3. The number of hydrogen-bond donors (Lipinski definition) is 0. The van der Waals surface area contributed by atoms with Crippen LogP contribution in [-0.4, -0.2) is 82.9 Å². The molecule has 0 aromatic carbocycles. The average molecular weight is 439 g/mol. The third-order valence-corrected chi connectivity index (χ3v) is 6.67. The predicted molar refractivity (Wildman–Crippen MR) is 117 cm³/mol. The first-order chi connectivity index (χ1) is 12.2. The van der Waals surface area contributed by atoms with E-state index < -0.39 is 25.0 Å². The van der Waals surface area contributed by atoms with Crippen molar-refractivity contribution in [1.82, 2.24) is 0 Å². The van der Waals surface area contributed by atoms with Gasteiger partial charge in [0.05, 0.1) is 45.7 Å². The minimum Gasteiger partial charge on any atom is -0.415 e. The van der Waals surface area contributed by atoms with Crippen molar-refractivity contribution in [1.29, 1.82) is 0 Å². The van der Waals surface area contributed by atoms with Crippen molar-refractivity contribution in [2.45, 2.75) is 77.2 Å². The molecule has 0 aromatic heterocycles. The molecule has 0 spiro atoms. The van der Waals surface area contributed by atoms with Crippen LogP contribution >= 0.6 is 0 Å². The van der Waals surface area contributed by atoms with Crippen molar-refractivity contribution in [3.8, 4) is 0 Å². The van der Waals surface area contributed by atoms with E-state index in [9.17, 15) is 0 Å². The Bertz CT molecular complexity index is 409. The van der Waals surface area contributed by atoms with Crippen LogP contribution in [0.5, 0.6) is 0 Å². The van der Waals surface area contributed by atoms with Crippen LogP contribution in [0.1, 0.15) is 0 Å². The lowest BCUT2D eigenvalue weighted by Gasteiger charge is -2.32. The molecule has 3 atom stereocenters. The molecule has 1 heterocycles. The van der Waals surface area contributed by atoms with E-state index in [2.05, 4.69) is 58.9 Å². The van der Waals surface area contributed by atoms with Gasteiger partial charge in [-0.1, -0.05) is 0 Å². The Morgan fingerprint density at radius 2 is 1.22 bits per heavy atom. The molecular formula is C18H42O6Si3. The minimum absolute atomic E-state index is 0.0224. The first kappa shape index (κ1) is 25.4. The smallest absolute Gasteiger partial charge is 0.184 e. The normalized spacial score (nSPS) is 23.4. The van der Waals surface area contributed by atoms with Gasteiger partial charge in [0.1, 0.15) is 12.2 Å². The van der Waals surface area contributed by atoms with Crippen LogP contribution in [0.2, 0.25) is 58.9 Å². The van der Waals surface area contributed by atoms with E-state index in [1.165, 1.54) is 0 Å². The molecule has 0 aliphatic carbocycles. The fourth-order valence-electron chi connectivity index (χ4n) is 2.41. The molecule has 0 N–H and O–H groups in total. The first-order valence-electron chi connectivity index (χ1n) is 10.0. The fourth-order valence-corrected chi connectivity index (χ4v) is 4.92. The van der Waals surface area contributed by atoms with Gasteiger partial charge in [0.2, 0.25) is 0 Å². The van der Waals surface area contributed by atoms with Crippen LogP contribution in [0.15, 0.2) is 0 Å². The molecule has 27 heavy (non-hydrogen) atoms. The molecule has 3 unspecified atom stereocenters. The molecule has 0 bridgehead atoms. The van der Waals surface area contributed by atoms with Crippen molar-refractivity contribution < 1.29 is 27.5 Å². The molecule has 0 radical (unpaired) electrons. The van der Waals surface area contributed by atoms with Gasteiger partial charge < -0.3 is 27.5 Å². The fraction of sp³-hybridized carbons (Fsp3) is 1.00. The molecule has 162 valence electrons. The van der Waals surface area contributed by atoms with Crippen LogP contribution in [0, 0.1) is 0 Å². The summed E-state index contributed by atoms with van der Waals surface area (Å²) in [5.74, 6) is 0. The lowest BCUT2D eigenvalue weighted by molar-refractivity contribution is -0.162. The summed E-state index contributed by atoms with van der Waals surface area (Å²) in [6.45, 7) is 23.0. The highest BCUT2D eigenvalue weighted by molar-refractivity contribution is 6.70. The SMILES string of the molecule is C[Si](C)(C)OCC1COC(COCC(CO[Si](C)(C)C)O[Si](C)(C)C)CO1. The molecule has 0 saturated carbocycles. The maximum atomic E-state index is 6.23. The van der Waals surface area contributed by atoms with Gasteiger partial charge in [0.25, 0.3) is 0 Å². The highest BCUT2D eigenvalue weighted by Crippen LogP contribution is 2.14. The van der Waals surface area contributed by atoms with E-state index in [1.54, 1.807) is 0 Å². The summed E-state index contributed by atoms with van der Waals surface area (Å²) in [5, 5.41) is 0. The van der Waals surface area contributed by atoms with Gasteiger partial charge in [0.15, 0.2) is 25.0 Å². The van der Waals surface area contributed by atoms with Gasteiger partial charge in [0, 0.05) is 0 Å². The quantitative estimate of drug-likeness (QED) is 0.433. The summed E-state index contributed by atoms with van der Waals surface area (Å²) in [7, 11) is -4.73. The summed E-state index contributed by atoms with van der Waals surface area (Å²) in [4.78, 5) is 0. The van der Waals surface area contributed by atoms with E-state index in [0.29, 0.717) is 39.6 Å². The second-order valence-corrected chi connectivity index (χ2v) is 23.6. The number of hydrogen-bond acceptors (Lipinski definition) is 6. The Morgan fingerprint density at radius 3 is 1.67 bits per heavy atom. The van der Waals surface area contributed by atoms with Crippen LogP contribution in [0.3, 0.4) is 0 Å². The monoisotopic (exact) mass is 438 g/mol. The summed E-state index contributed by atoms with van der Waals surface area (Å²) in [6, 6.07) is 0. The second-order valence-electron chi connectivity index (χ2n) is 10.1. The summed E-state index contributed by atoms with van der Waals surface area (Å²) < 4.78 is 35.8. The van der Waals surface area contributed by atoms with E-state index in [0.717, 1.165) is 0 Å². The zero-order valence-electron chi connectivity index (χ0n) is 18.9. The van der Waals surface area contributed by atoms with E-state index >= 15 is 0 Å². The van der Waals surface area contributed by atoms with Crippen LogP contribution in [-0.2, 0) is 27.5 Å². The van der Waals surface area contributed by atoms with Crippen molar-refractivity contribution in [2.24, 2.45) is 0 Å². The standard InChI is InChI=1S/C18H42O6Si3/c1-25(2,3)22-14-17-13-20-16(12-21-17)10-19-11-18(24-27(7,8)9)15-23-26(4,5)6/h16-18H,10-15H2,1-9H3. The van der Waals surface area contributed by atoms with E-state index in [4.69, 9.17) is 27.5 Å². The second kappa shape index (κ2) is 11.0. The van der Waals surface area contributed by atoms with E-state index in [-0.39, 0.29) is 18.3 Å². The highest BCUT2D eigenvalue weighted by atomic mass is 28.4. The molecular weight excluding hydrogens is 396 g/mol. The molecule has 1 fully saturated rings. The summed E-state index contributed by atoms with van der Waals surface area (Å²) in [5.41, 5.74) is 0. The molecule has 6 nitrogen and oxygen atoms in total. The average Bonchev–Trinajstić information content (AvgIpc) is 2.49. The van der Waals surface area contributed by atoms with Crippen LogP contribution < -0.4 is 0 Å². The lowest BCUT2D eigenvalue weighted by Crippen LogP contribution is -2.43. The topological polar surface area (TPSA) is 55.4 Å². The Labute approximate surface area is 169 Å². The zero-order chi connectivity index (χ0) is 20.7. The first-order valence-corrected chi connectivity index (χ1v) is 20.2. The van der Waals surface area contributed by atoms with Gasteiger partial charge in [-0.2, -0.15) is 0 Å². The third kappa shape index (κ3) is 14.1. The summed E-state index contributed by atoms with van der Waals surface area (Å²) >= 11 is 0. The Morgan fingerprint density at radius 1 is 0.704 bits per heavy atom. The van der Waals surface area contributed by atoms with Crippen molar-refractivity contribution in [2.75, 3.05) is 39.6 Å². The van der Waals surface area contributed by atoms with E-state index in [1.807, 2.05) is 0 Å². The molecule has 0 amide bonds. The van der Waals surface area contributed by atoms with Crippen LogP contribution in [0.4, 0.5) is 0 Å². The maximum Gasteiger partial charge on any atom is 0.184 e. The molecule has 9 heteroatoms. The Hall–Kier alpha value is 0.411. The van der Waals surface area contributed by atoms with Gasteiger partial charge in [-0.15, -0.1) is 0 Å². The third-order valence-electron chi connectivity index (χ3n) is 3.57. The van der Waals surface area contributed by atoms with Gasteiger partial charge in [-0.05, 0) is 58.9 Å². The van der Waals surface area contributed by atoms with Crippen LogP contribution in [0.25, 0.3) is 0 Å². The van der Waals surface area contributed by atoms with Crippen molar-refractivity contribution >= 4 is 25.0 Å². The largest absolute Gasteiger partial charge is 0.415 e. The van der Waals surface area contributed by atoms with Gasteiger partial charge in [-0.25, -0.2) is 0 Å². The zero-order valence-corrected chi connectivity index (χ0v) is 21.9. The maximum absolute atomic E-state index is 6.23. The van der Waals surface area contributed by atoms with Crippen molar-refractivity contribution in [3.63, 3.8) is 0 Å². The molecule has 1 rings (SSSR count). The molecule has 0 aromatic rings. The molecule has 1 aliphatic rings. The highest BCUT2D eigenvalue weighted by Gasteiger charge is 2.27. The van der Waals surface area contributed by atoms with Gasteiger partial charge >= 0.3 is 0 Å². The Balaban J connectivity index is 2.30. The predicted octanol–water partition coefficient (Wildman–Crippen LogP) is 3.71. The lowest BCUT2D eigenvalue weighted by atomic mass is 10.3. The van der Waals surface area contributed by atoms with Crippen molar-refractivity contribution in [3.05, 3.63) is 0 Å². The molecule has 1 aliphatic heterocycles.